The number of aromatic nitrogens is 1. The first-order valence-electron chi connectivity index (χ1n) is 7.01. The Bertz CT molecular complexity index is 659. The second kappa shape index (κ2) is 5.48. The molecule has 0 amide bonds. The first kappa shape index (κ1) is 12.9. The third kappa shape index (κ3) is 2.45. The molecule has 0 radical (unpaired) electrons. The fourth-order valence-electron chi connectivity index (χ4n) is 2.87. The van der Waals surface area contributed by atoms with E-state index in [-0.39, 0.29) is 0 Å². The molecule has 1 unspecified atom stereocenters. The van der Waals surface area contributed by atoms with Crippen molar-refractivity contribution >= 4 is 16.6 Å². The average Bonchev–Trinajstić information content (AvgIpc) is 2.48. The normalized spacial score (nSPS) is 19.7. The van der Waals surface area contributed by atoms with Crippen LogP contribution in [0, 0.1) is 11.3 Å². The van der Waals surface area contributed by atoms with E-state index in [4.69, 9.17) is 0 Å². The highest BCUT2D eigenvalue weighted by Crippen LogP contribution is 2.27. The van der Waals surface area contributed by atoms with Gasteiger partial charge >= 0.3 is 0 Å². The molecular weight excluding hydrogens is 248 g/mol. The number of para-hydroxylation sites is 1. The maximum Gasteiger partial charge on any atom is 0.103 e. The van der Waals surface area contributed by atoms with Gasteiger partial charge in [0.2, 0.25) is 0 Å². The van der Waals surface area contributed by atoms with E-state index in [2.05, 4.69) is 28.3 Å². The lowest BCUT2D eigenvalue weighted by molar-refractivity contribution is 0.261. The van der Waals surface area contributed by atoms with Crippen LogP contribution in [0.15, 0.2) is 30.5 Å². The zero-order valence-electron chi connectivity index (χ0n) is 11.6. The number of benzene rings is 1. The lowest BCUT2D eigenvalue weighted by Crippen LogP contribution is -2.39. The Hall–Kier alpha value is -2.12. The Morgan fingerprint density at radius 1 is 1.40 bits per heavy atom. The van der Waals surface area contributed by atoms with Gasteiger partial charge in [-0.2, -0.15) is 5.26 Å². The van der Waals surface area contributed by atoms with Crippen molar-refractivity contribution in [2.75, 3.05) is 25.5 Å². The van der Waals surface area contributed by atoms with Gasteiger partial charge in [0.1, 0.15) is 6.07 Å². The SMILES string of the molecule is CN1CCCC(Nc2c(C#N)cnc3ccccc23)C1. The van der Waals surface area contributed by atoms with E-state index in [9.17, 15) is 5.26 Å². The summed E-state index contributed by atoms with van der Waals surface area (Å²) in [6, 6.07) is 10.6. The largest absolute Gasteiger partial charge is 0.379 e. The molecule has 2 heterocycles. The zero-order chi connectivity index (χ0) is 13.9. The lowest BCUT2D eigenvalue weighted by atomic mass is 10.0. The summed E-state index contributed by atoms with van der Waals surface area (Å²) in [4.78, 5) is 6.68. The predicted molar refractivity (Wildman–Crippen MR) is 80.6 cm³/mol. The highest BCUT2D eigenvalue weighted by Gasteiger charge is 2.19. The van der Waals surface area contributed by atoms with Gasteiger partial charge in [0.15, 0.2) is 0 Å². The standard InChI is InChI=1S/C16H18N4/c1-20-8-4-5-13(11-20)19-16-12(9-17)10-18-15-7-3-2-6-14(15)16/h2-3,6-7,10,13H,4-5,8,11H2,1H3,(H,18,19). The van der Waals surface area contributed by atoms with Crippen LogP contribution >= 0.6 is 0 Å². The number of rotatable bonds is 2. The van der Waals surface area contributed by atoms with Gasteiger partial charge in [-0.25, -0.2) is 0 Å². The molecule has 1 aliphatic heterocycles. The number of likely N-dealkylation sites (tertiary alicyclic amines) is 1. The van der Waals surface area contributed by atoms with Crippen molar-refractivity contribution in [3.63, 3.8) is 0 Å². The Labute approximate surface area is 119 Å². The van der Waals surface area contributed by atoms with Crippen LogP contribution in [-0.2, 0) is 0 Å². The molecule has 1 aliphatic rings. The molecule has 20 heavy (non-hydrogen) atoms. The summed E-state index contributed by atoms with van der Waals surface area (Å²) in [5, 5.41) is 13.9. The second-order valence-electron chi connectivity index (χ2n) is 5.42. The summed E-state index contributed by atoms with van der Waals surface area (Å²) in [7, 11) is 2.14. The van der Waals surface area contributed by atoms with Crippen molar-refractivity contribution in [3.8, 4) is 6.07 Å². The maximum absolute atomic E-state index is 9.32. The van der Waals surface area contributed by atoms with Gasteiger partial charge in [0.25, 0.3) is 0 Å². The van der Waals surface area contributed by atoms with Gasteiger partial charge in [-0.15, -0.1) is 0 Å². The van der Waals surface area contributed by atoms with Crippen LogP contribution in [0.1, 0.15) is 18.4 Å². The number of anilines is 1. The average molecular weight is 266 g/mol. The number of hydrogen-bond acceptors (Lipinski definition) is 4. The van der Waals surface area contributed by atoms with Crippen molar-refractivity contribution in [1.82, 2.24) is 9.88 Å². The van der Waals surface area contributed by atoms with Crippen molar-refractivity contribution in [1.29, 1.82) is 5.26 Å². The Morgan fingerprint density at radius 2 is 2.25 bits per heavy atom. The maximum atomic E-state index is 9.32. The molecule has 4 heteroatoms. The van der Waals surface area contributed by atoms with Crippen molar-refractivity contribution in [3.05, 3.63) is 36.0 Å². The van der Waals surface area contributed by atoms with Crippen LogP contribution in [0.25, 0.3) is 10.9 Å². The molecule has 0 aliphatic carbocycles. The Kier molecular flexibility index (Phi) is 3.53. The number of nitrogens with one attached hydrogen (secondary N) is 1. The summed E-state index contributed by atoms with van der Waals surface area (Å²) in [5.41, 5.74) is 2.48. The summed E-state index contributed by atoms with van der Waals surface area (Å²) in [5.74, 6) is 0. The number of pyridine rings is 1. The van der Waals surface area contributed by atoms with Crippen molar-refractivity contribution in [2.24, 2.45) is 0 Å². The predicted octanol–water partition coefficient (Wildman–Crippen LogP) is 2.61. The molecule has 2 aromatic rings. The van der Waals surface area contributed by atoms with Crippen LogP contribution in [0.4, 0.5) is 5.69 Å². The minimum Gasteiger partial charge on any atom is -0.379 e. The molecule has 3 rings (SSSR count). The number of nitrogens with zero attached hydrogens (tertiary/aromatic N) is 3. The molecular formula is C16H18N4. The fourth-order valence-corrected chi connectivity index (χ4v) is 2.87. The van der Waals surface area contributed by atoms with Crippen LogP contribution in [0.2, 0.25) is 0 Å². The van der Waals surface area contributed by atoms with Crippen LogP contribution in [0.5, 0.6) is 0 Å². The first-order valence-corrected chi connectivity index (χ1v) is 7.01. The minimum atomic E-state index is 0.395. The van der Waals surface area contributed by atoms with Gasteiger partial charge in [0.05, 0.1) is 16.8 Å². The van der Waals surface area contributed by atoms with Crippen molar-refractivity contribution in [2.45, 2.75) is 18.9 Å². The van der Waals surface area contributed by atoms with Gasteiger partial charge in [-0.3, -0.25) is 4.98 Å². The minimum absolute atomic E-state index is 0.395. The molecule has 0 saturated carbocycles. The summed E-state index contributed by atoms with van der Waals surface area (Å²) >= 11 is 0. The number of fused-ring (bicyclic) bond motifs is 1. The number of hydrogen-bond donors (Lipinski definition) is 1. The smallest absolute Gasteiger partial charge is 0.103 e. The van der Waals surface area contributed by atoms with E-state index < -0.39 is 0 Å². The van der Waals surface area contributed by atoms with Gasteiger partial charge in [-0.05, 0) is 32.5 Å². The molecule has 4 nitrogen and oxygen atoms in total. The van der Waals surface area contributed by atoms with Crippen molar-refractivity contribution < 1.29 is 0 Å². The lowest BCUT2D eigenvalue weighted by Gasteiger charge is -2.31. The van der Waals surface area contributed by atoms with E-state index >= 15 is 0 Å². The van der Waals surface area contributed by atoms with Gasteiger partial charge < -0.3 is 10.2 Å². The monoisotopic (exact) mass is 266 g/mol. The molecule has 1 N–H and O–H groups in total. The molecule has 1 saturated heterocycles. The molecule has 0 bridgehead atoms. The molecule has 1 fully saturated rings. The first-order chi connectivity index (χ1) is 9.78. The second-order valence-corrected chi connectivity index (χ2v) is 5.42. The number of piperidine rings is 1. The highest BCUT2D eigenvalue weighted by molar-refractivity contribution is 5.93. The number of nitriles is 1. The number of likely N-dealkylation sites (N-methyl/N-ethyl adjacent to an activating group) is 1. The summed E-state index contributed by atoms with van der Waals surface area (Å²) < 4.78 is 0. The third-order valence-electron chi connectivity index (χ3n) is 3.87. The van der Waals surface area contributed by atoms with E-state index in [1.54, 1.807) is 6.20 Å². The van der Waals surface area contributed by atoms with E-state index in [0.29, 0.717) is 11.6 Å². The van der Waals surface area contributed by atoms with E-state index in [0.717, 1.165) is 36.1 Å². The van der Waals surface area contributed by atoms with Crippen LogP contribution in [-0.4, -0.2) is 36.1 Å². The van der Waals surface area contributed by atoms with E-state index in [1.165, 1.54) is 6.42 Å². The van der Waals surface area contributed by atoms with Crippen LogP contribution < -0.4 is 5.32 Å². The third-order valence-corrected chi connectivity index (χ3v) is 3.87. The topological polar surface area (TPSA) is 52.0 Å². The molecule has 102 valence electrons. The zero-order valence-corrected chi connectivity index (χ0v) is 11.6. The summed E-state index contributed by atoms with van der Waals surface area (Å²) in [6.45, 7) is 2.17. The van der Waals surface area contributed by atoms with Gasteiger partial charge in [0, 0.05) is 24.2 Å². The van der Waals surface area contributed by atoms with E-state index in [1.807, 2.05) is 24.3 Å². The highest BCUT2D eigenvalue weighted by atomic mass is 15.1. The molecule has 1 aromatic carbocycles. The molecule has 0 spiro atoms. The summed E-state index contributed by atoms with van der Waals surface area (Å²) in [6.07, 6.45) is 4.00. The Balaban J connectivity index is 1.98. The van der Waals surface area contributed by atoms with Crippen LogP contribution in [0.3, 0.4) is 0 Å². The fraction of sp³-hybridized carbons (Fsp3) is 0.375. The molecule has 1 atom stereocenters. The quantitative estimate of drug-likeness (QED) is 0.907. The molecule has 1 aromatic heterocycles. The van der Waals surface area contributed by atoms with Gasteiger partial charge in [-0.1, -0.05) is 18.2 Å². The Morgan fingerprint density at radius 3 is 3.05 bits per heavy atom.